The topological polar surface area (TPSA) is 71.1 Å². The maximum absolute atomic E-state index is 11.6. The third-order valence-corrected chi connectivity index (χ3v) is 4.30. The molecular formula is C10H19N3O2S2. The van der Waals surface area contributed by atoms with Crippen molar-refractivity contribution in [3.05, 3.63) is 16.1 Å². The highest BCUT2D eigenvalue weighted by Crippen LogP contribution is 2.10. The Hall–Kier alpha value is -0.500. The molecule has 7 heteroatoms. The van der Waals surface area contributed by atoms with Crippen LogP contribution in [0.1, 0.15) is 23.7 Å². The highest BCUT2D eigenvalue weighted by molar-refractivity contribution is 7.89. The van der Waals surface area contributed by atoms with Gasteiger partial charge >= 0.3 is 0 Å². The van der Waals surface area contributed by atoms with Gasteiger partial charge in [-0.3, -0.25) is 0 Å². The SMILES string of the molecule is Cc1ncc(CNS(=O)(=O)CCNC(C)C)s1. The summed E-state index contributed by atoms with van der Waals surface area (Å²) in [7, 11) is -3.20. The van der Waals surface area contributed by atoms with Gasteiger partial charge in [-0.15, -0.1) is 11.3 Å². The second-order valence-electron chi connectivity index (χ2n) is 4.09. The summed E-state index contributed by atoms with van der Waals surface area (Å²) in [4.78, 5) is 5.01. The molecule has 5 nitrogen and oxygen atoms in total. The van der Waals surface area contributed by atoms with E-state index in [1.807, 2.05) is 20.8 Å². The fourth-order valence-electron chi connectivity index (χ4n) is 1.22. The van der Waals surface area contributed by atoms with Crippen LogP contribution in [0, 0.1) is 6.92 Å². The molecule has 0 aliphatic heterocycles. The summed E-state index contributed by atoms with van der Waals surface area (Å²) in [6.07, 6.45) is 1.70. The van der Waals surface area contributed by atoms with Crippen LogP contribution in [0.4, 0.5) is 0 Å². The molecule has 0 atom stereocenters. The Morgan fingerprint density at radius 2 is 2.18 bits per heavy atom. The fraction of sp³-hybridized carbons (Fsp3) is 0.700. The van der Waals surface area contributed by atoms with Crippen LogP contribution >= 0.6 is 11.3 Å². The number of nitrogens with zero attached hydrogens (tertiary/aromatic N) is 1. The van der Waals surface area contributed by atoms with E-state index in [-0.39, 0.29) is 5.75 Å². The summed E-state index contributed by atoms with van der Waals surface area (Å²) in [5.41, 5.74) is 0. The number of thiazole rings is 1. The minimum atomic E-state index is -3.20. The molecule has 0 aliphatic rings. The molecule has 2 N–H and O–H groups in total. The monoisotopic (exact) mass is 277 g/mol. The van der Waals surface area contributed by atoms with Crippen LogP contribution < -0.4 is 10.0 Å². The summed E-state index contributed by atoms with van der Waals surface area (Å²) in [6.45, 7) is 6.67. The summed E-state index contributed by atoms with van der Waals surface area (Å²) in [5, 5.41) is 4.02. The minimum Gasteiger partial charge on any atom is -0.313 e. The van der Waals surface area contributed by atoms with Gasteiger partial charge in [0, 0.05) is 30.2 Å². The molecule has 0 saturated heterocycles. The van der Waals surface area contributed by atoms with Crippen molar-refractivity contribution in [2.75, 3.05) is 12.3 Å². The fourth-order valence-corrected chi connectivity index (χ4v) is 2.95. The van der Waals surface area contributed by atoms with Crippen molar-refractivity contribution in [3.8, 4) is 0 Å². The minimum absolute atomic E-state index is 0.100. The van der Waals surface area contributed by atoms with E-state index in [0.29, 0.717) is 19.1 Å². The molecule has 1 rings (SSSR count). The Bertz CT molecular complexity index is 440. The second kappa shape index (κ2) is 6.44. The Morgan fingerprint density at radius 3 is 2.71 bits per heavy atom. The molecule has 0 aliphatic carbocycles. The van der Waals surface area contributed by atoms with Crippen molar-refractivity contribution in [1.29, 1.82) is 0 Å². The Kier molecular flexibility index (Phi) is 5.51. The zero-order chi connectivity index (χ0) is 12.9. The van der Waals surface area contributed by atoms with Gasteiger partial charge in [-0.1, -0.05) is 13.8 Å². The van der Waals surface area contributed by atoms with Gasteiger partial charge < -0.3 is 5.32 Å². The van der Waals surface area contributed by atoms with Gasteiger partial charge in [-0.05, 0) is 6.92 Å². The molecule has 1 aromatic rings. The zero-order valence-corrected chi connectivity index (χ0v) is 12.0. The first-order valence-electron chi connectivity index (χ1n) is 5.51. The Balaban J connectivity index is 2.34. The predicted octanol–water partition coefficient (Wildman–Crippen LogP) is 0.869. The second-order valence-corrected chi connectivity index (χ2v) is 7.34. The lowest BCUT2D eigenvalue weighted by Crippen LogP contribution is -2.34. The van der Waals surface area contributed by atoms with Gasteiger partial charge in [-0.25, -0.2) is 18.1 Å². The van der Waals surface area contributed by atoms with Gasteiger partial charge in [0.25, 0.3) is 0 Å². The average Bonchev–Trinajstić information content (AvgIpc) is 2.61. The highest BCUT2D eigenvalue weighted by atomic mass is 32.2. The lowest BCUT2D eigenvalue weighted by molar-refractivity contribution is 0.567. The van der Waals surface area contributed by atoms with Crippen LogP contribution in [0.25, 0.3) is 0 Å². The molecular weight excluding hydrogens is 258 g/mol. The third-order valence-electron chi connectivity index (χ3n) is 2.06. The molecule has 0 radical (unpaired) electrons. The van der Waals surface area contributed by atoms with Crippen molar-refractivity contribution in [3.63, 3.8) is 0 Å². The largest absolute Gasteiger partial charge is 0.313 e. The van der Waals surface area contributed by atoms with Crippen LogP contribution in [0.3, 0.4) is 0 Å². The first kappa shape index (κ1) is 14.6. The lowest BCUT2D eigenvalue weighted by Gasteiger charge is -2.08. The molecule has 0 unspecified atom stereocenters. The Morgan fingerprint density at radius 1 is 1.47 bits per heavy atom. The molecule has 0 spiro atoms. The lowest BCUT2D eigenvalue weighted by atomic mass is 10.4. The van der Waals surface area contributed by atoms with Crippen LogP contribution in [0.2, 0.25) is 0 Å². The van der Waals surface area contributed by atoms with E-state index in [1.165, 1.54) is 11.3 Å². The number of rotatable bonds is 7. The molecule has 98 valence electrons. The van der Waals surface area contributed by atoms with Crippen LogP contribution in [0.15, 0.2) is 6.20 Å². The number of sulfonamides is 1. The highest BCUT2D eigenvalue weighted by Gasteiger charge is 2.10. The van der Waals surface area contributed by atoms with E-state index >= 15 is 0 Å². The van der Waals surface area contributed by atoms with Gasteiger partial charge in [0.05, 0.1) is 10.8 Å². The van der Waals surface area contributed by atoms with Crippen molar-refractivity contribution in [2.24, 2.45) is 0 Å². The molecule has 0 aromatic carbocycles. The first-order valence-corrected chi connectivity index (χ1v) is 7.98. The maximum Gasteiger partial charge on any atom is 0.213 e. The third kappa shape index (κ3) is 6.11. The van der Waals surface area contributed by atoms with Crippen molar-refractivity contribution < 1.29 is 8.42 Å². The molecule has 0 amide bonds. The summed E-state index contributed by atoms with van der Waals surface area (Å²) >= 11 is 1.50. The van der Waals surface area contributed by atoms with E-state index < -0.39 is 10.0 Å². The first-order chi connectivity index (χ1) is 7.89. The zero-order valence-electron chi connectivity index (χ0n) is 10.4. The van der Waals surface area contributed by atoms with Gasteiger partial charge in [0.15, 0.2) is 0 Å². The number of aromatic nitrogens is 1. The smallest absolute Gasteiger partial charge is 0.213 e. The molecule has 1 heterocycles. The van der Waals surface area contributed by atoms with E-state index in [2.05, 4.69) is 15.0 Å². The van der Waals surface area contributed by atoms with E-state index in [0.717, 1.165) is 9.88 Å². The number of hydrogen-bond acceptors (Lipinski definition) is 5. The van der Waals surface area contributed by atoms with Crippen LogP contribution in [-0.2, 0) is 16.6 Å². The van der Waals surface area contributed by atoms with E-state index in [4.69, 9.17) is 0 Å². The van der Waals surface area contributed by atoms with Crippen molar-refractivity contribution in [1.82, 2.24) is 15.0 Å². The average molecular weight is 277 g/mol. The van der Waals surface area contributed by atoms with Gasteiger partial charge in [0.1, 0.15) is 0 Å². The summed E-state index contributed by atoms with van der Waals surface area (Å²) in [6, 6.07) is 0.300. The van der Waals surface area contributed by atoms with Crippen LogP contribution in [0.5, 0.6) is 0 Å². The maximum atomic E-state index is 11.6. The molecule has 0 saturated carbocycles. The molecule has 1 aromatic heterocycles. The van der Waals surface area contributed by atoms with Crippen molar-refractivity contribution in [2.45, 2.75) is 33.4 Å². The number of hydrogen-bond donors (Lipinski definition) is 2. The molecule has 0 fully saturated rings. The summed E-state index contributed by atoms with van der Waals surface area (Å²) < 4.78 is 25.8. The number of aryl methyl sites for hydroxylation is 1. The standard InChI is InChI=1S/C10H19N3O2S2/c1-8(2)11-4-5-17(14,15)13-7-10-6-12-9(3)16-10/h6,8,11,13H,4-5,7H2,1-3H3. The van der Waals surface area contributed by atoms with Crippen LogP contribution in [-0.4, -0.2) is 31.7 Å². The molecule has 0 bridgehead atoms. The normalized spacial score (nSPS) is 12.2. The van der Waals surface area contributed by atoms with Crippen molar-refractivity contribution >= 4 is 21.4 Å². The van der Waals surface area contributed by atoms with Gasteiger partial charge in [0.2, 0.25) is 10.0 Å². The molecule has 17 heavy (non-hydrogen) atoms. The quantitative estimate of drug-likeness (QED) is 0.776. The number of nitrogens with one attached hydrogen (secondary N) is 2. The van der Waals surface area contributed by atoms with E-state index in [9.17, 15) is 8.42 Å². The summed E-state index contributed by atoms with van der Waals surface area (Å²) in [5.74, 6) is 0.100. The van der Waals surface area contributed by atoms with E-state index in [1.54, 1.807) is 6.20 Å². The van der Waals surface area contributed by atoms with Gasteiger partial charge in [-0.2, -0.15) is 0 Å². The predicted molar refractivity (Wildman–Crippen MR) is 70.6 cm³/mol. The Labute approximate surface area is 107 Å².